The van der Waals surface area contributed by atoms with Crippen molar-refractivity contribution in [2.75, 3.05) is 5.32 Å². The topological polar surface area (TPSA) is 55.4 Å². The number of esters is 1. The van der Waals surface area contributed by atoms with E-state index in [9.17, 15) is 22.8 Å². The molecule has 4 nitrogen and oxygen atoms in total. The molecule has 7 heteroatoms. The molecule has 4 aliphatic carbocycles. The fourth-order valence-electron chi connectivity index (χ4n) is 5.56. The van der Waals surface area contributed by atoms with Crippen molar-refractivity contribution in [3.8, 4) is 0 Å². The van der Waals surface area contributed by atoms with E-state index in [0.717, 1.165) is 31.4 Å². The number of carbonyl (C=O) groups excluding carboxylic acids is 2. The molecule has 1 amide bonds. The largest absolute Gasteiger partial charge is 0.452 e. The van der Waals surface area contributed by atoms with Crippen LogP contribution in [0.25, 0.3) is 0 Å². The first-order valence-electron chi connectivity index (χ1n) is 9.43. The Morgan fingerprint density at radius 1 is 1.04 bits per heavy atom. The van der Waals surface area contributed by atoms with E-state index in [0.29, 0.717) is 17.8 Å². The maximum absolute atomic E-state index is 13.7. The van der Waals surface area contributed by atoms with Gasteiger partial charge in [0.2, 0.25) is 0 Å². The van der Waals surface area contributed by atoms with Gasteiger partial charge in [-0.05, 0) is 75.3 Å². The van der Waals surface area contributed by atoms with Gasteiger partial charge < -0.3 is 10.1 Å². The Kier molecular flexibility index (Phi) is 4.43. The molecule has 1 atom stereocenters. The zero-order valence-corrected chi connectivity index (χ0v) is 15.1. The number of rotatable bonds is 4. The number of carbonyl (C=O) groups is 2. The van der Waals surface area contributed by atoms with Crippen LogP contribution >= 0.6 is 0 Å². The summed E-state index contributed by atoms with van der Waals surface area (Å²) in [4.78, 5) is 25.1. The monoisotopic (exact) mass is 381 g/mol. The van der Waals surface area contributed by atoms with Gasteiger partial charge in [-0.2, -0.15) is 0 Å². The Morgan fingerprint density at radius 3 is 2.15 bits per heavy atom. The molecule has 0 aromatic heterocycles. The molecule has 27 heavy (non-hydrogen) atoms. The second-order valence-corrected chi connectivity index (χ2v) is 8.46. The molecule has 1 aromatic rings. The highest BCUT2D eigenvalue weighted by atomic mass is 19.2. The van der Waals surface area contributed by atoms with Crippen molar-refractivity contribution < 1.29 is 27.5 Å². The number of hydrogen-bond acceptors (Lipinski definition) is 3. The van der Waals surface area contributed by atoms with E-state index in [1.54, 1.807) is 0 Å². The summed E-state index contributed by atoms with van der Waals surface area (Å²) in [5.74, 6) is -3.95. The van der Waals surface area contributed by atoms with Crippen LogP contribution in [0.5, 0.6) is 0 Å². The predicted molar refractivity (Wildman–Crippen MR) is 91.1 cm³/mol. The van der Waals surface area contributed by atoms with Gasteiger partial charge in [0, 0.05) is 0 Å². The molecular formula is C20H22F3NO3. The van der Waals surface area contributed by atoms with Crippen molar-refractivity contribution in [2.45, 2.75) is 51.6 Å². The lowest BCUT2D eigenvalue weighted by Crippen LogP contribution is -2.51. The third-order valence-corrected chi connectivity index (χ3v) is 6.42. The Bertz CT molecular complexity index is 760. The van der Waals surface area contributed by atoms with Crippen molar-refractivity contribution >= 4 is 17.6 Å². The molecular weight excluding hydrogens is 359 g/mol. The molecule has 0 unspecified atom stereocenters. The fourth-order valence-corrected chi connectivity index (χ4v) is 5.56. The first-order chi connectivity index (χ1) is 12.8. The van der Waals surface area contributed by atoms with Crippen molar-refractivity contribution in [2.24, 2.45) is 23.2 Å². The van der Waals surface area contributed by atoms with Crippen molar-refractivity contribution in [3.05, 3.63) is 29.6 Å². The van der Waals surface area contributed by atoms with Crippen LogP contribution in [0, 0.1) is 40.6 Å². The van der Waals surface area contributed by atoms with E-state index in [1.807, 2.05) is 0 Å². The van der Waals surface area contributed by atoms with Crippen LogP contribution in [-0.2, 0) is 14.3 Å². The number of halogens is 3. The maximum Gasteiger partial charge on any atom is 0.312 e. The van der Waals surface area contributed by atoms with Gasteiger partial charge in [-0.1, -0.05) is 0 Å². The molecule has 1 N–H and O–H groups in total. The van der Waals surface area contributed by atoms with Crippen LogP contribution < -0.4 is 5.32 Å². The minimum atomic E-state index is -1.66. The Balaban J connectivity index is 1.42. The summed E-state index contributed by atoms with van der Waals surface area (Å²) in [6.45, 7) is 1.39. The molecule has 0 spiro atoms. The zero-order valence-electron chi connectivity index (χ0n) is 15.1. The van der Waals surface area contributed by atoms with E-state index >= 15 is 0 Å². The summed E-state index contributed by atoms with van der Waals surface area (Å²) in [5, 5.41) is 2.16. The molecule has 1 aromatic carbocycles. The average Bonchev–Trinajstić information content (AvgIpc) is 2.61. The van der Waals surface area contributed by atoms with E-state index in [-0.39, 0.29) is 5.97 Å². The highest BCUT2D eigenvalue weighted by Crippen LogP contribution is 2.60. The second-order valence-electron chi connectivity index (χ2n) is 8.46. The number of hydrogen-bond donors (Lipinski definition) is 1. The van der Waals surface area contributed by atoms with E-state index in [4.69, 9.17) is 4.74 Å². The molecule has 4 saturated carbocycles. The molecule has 146 valence electrons. The molecule has 0 aliphatic heterocycles. The highest BCUT2D eigenvalue weighted by Gasteiger charge is 2.55. The first kappa shape index (κ1) is 18.3. The summed E-state index contributed by atoms with van der Waals surface area (Å²) in [5.41, 5.74) is -0.993. The normalized spacial score (nSPS) is 32.2. The van der Waals surface area contributed by atoms with E-state index in [2.05, 4.69) is 5.32 Å². The third-order valence-electron chi connectivity index (χ3n) is 6.42. The van der Waals surface area contributed by atoms with Gasteiger partial charge in [0.05, 0.1) is 11.1 Å². The smallest absolute Gasteiger partial charge is 0.312 e. The van der Waals surface area contributed by atoms with Gasteiger partial charge in [-0.15, -0.1) is 0 Å². The number of ether oxygens (including phenoxy) is 1. The Morgan fingerprint density at radius 2 is 1.59 bits per heavy atom. The first-order valence-corrected chi connectivity index (χ1v) is 9.43. The van der Waals surface area contributed by atoms with Crippen LogP contribution in [0.3, 0.4) is 0 Å². The van der Waals surface area contributed by atoms with Gasteiger partial charge in [-0.3, -0.25) is 9.59 Å². The number of amides is 1. The summed E-state index contributed by atoms with van der Waals surface area (Å²) >= 11 is 0. The van der Waals surface area contributed by atoms with Gasteiger partial charge in [0.1, 0.15) is 0 Å². The molecule has 0 heterocycles. The van der Waals surface area contributed by atoms with Crippen LogP contribution in [0.2, 0.25) is 0 Å². The summed E-state index contributed by atoms with van der Waals surface area (Å²) < 4.78 is 45.4. The van der Waals surface area contributed by atoms with Gasteiger partial charge in [0.15, 0.2) is 23.6 Å². The zero-order chi connectivity index (χ0) is 19.3. The number of benzene rings is 1. The minimum absolute atomic E-state index is 0.366. The predicted octanol–water partition coefficient (Wildman–Crippen LogP) is 4.19. The quantitative estimate of drug-likeness (QED) is 0.629. The van der Waals surface area contributed by atoms with Crippen LogP contribution in [0.4, 0.5) is 18.9 Å². The van der Waals surface area contributed by atoms with Crippen molar-refractivity contribution in [1.82, 2.24) is 0 Å². The Hall–Kier alpha value is -2.05. The second kappa shape index (κ2) is 6.53. The average molecular weight is 381 g/mol. The van der Waals surface area contributed by atoms with Crippen LogP contribution in [0.15, 0.2) is 12.1 Å². The number of nitrogens with one attached hydrogen (secondary N) is 1. The molecule has 4 bridgehead atoms. The van der Waals surface area contributed by atoms with Gasteiger partial charge >= 0.3 is 5.97 Å². The maximum atomic E-state index is 13.7. The summed E-state index contributed by atoms with van der Waals surface area (Å²) in [6.07, 6.45) is 4.81. The molecule has 5 rings (SSSR count). The van der Waals surface area contributed by atoms with Crippen LogP contribution in [0.1, 0.15) is 45.4 Å². The molecule has 4 fully saturated rings. The lowest BCUT2D eigenvalue weighted by molar-refractivity contribution is -0.177. The Labute approximate surface area is 155 Å². The molecule has 0 radical (unpaired) electrons. The minimum Gasteiger partial charge on any atom is -0.452 e. The highest BCUT2D eigenvalue weighted by molar-refractivity contribution is 5.95. The van der Waals surface area contributed by atoms with Gasteiger partial charge in [0.25, 0.3) is 5.91 Å². The summed E-state index contributed by atoms with van der Waals surface area (Å²) in [7, 11) is 0. The molecule has 0 saturated heterocycles. The van der Waals surface area contributed by atoms with Gasteiger partial charge in [-0.25, -0.2) is 13.2 Å². The van der Waals surface area contributed by atoms with Crippen LogP contribution in [-0.4, -0.2) is 18.0 Å². The summed E-state index contributed by atoms with van der Waals surface area (Å²) in [6, 6.07) is 1.65. The van der Waals surface area contributed by atoms with E-state index < -0.39 is 40.6 Å². The fraction of sp³-hybridized carbons (Fsp3) is 0.600. The van der Waals surface area contributed by atoms with E-state index in [1.165, 1.54) is 26.2 Å². The SMILES string of the molecule is C[C@H](OC(=O)C12CC3CC(CC(C3)C1)C2)C(=O)Nc1ccc(F)c(F)c1F. The lowest BCUT2D eigenvalue weighted by atomic mass is 9.49. The standard InChI is InChI=1S/C20H22F3NO3/c1-10(18(25)24-15-3-2-14(21)16(22)17(15)23)27-19(26)20-7-11-4-12(8-20)6-13(5-11)9-20/h2-3,10-13H,4-9H2,1H3,(H,24,25)/t10-,11?,12?,13?,20?/m0/s1. The third kappa shape index (κ3) is 3.21. The number of anilines is 1. The van der Waals surface area contributed by atoms with Crippen molar-refractivity contribution in [1.29, 1.82) is 0 Å². The van der Waals surface area contributed by atoms with Crippen molar-refractivity contribution in [3.63, 3.8) is 0 Å². The molecule has 4 aliphatic rings. The lowest BCUT2D eigenvalue weighted by Gasteiger charge is -2.55.